The van der Waals surface area contributed by atoms with Gasteiger partial charge in [-0.25, -0.2) is 4.79 Å². The second kappa shape index (κ2) is 5.18. The summed E-state index contributed by atoms with van der Waals surface area (Å²) in [6.45, 7) is 5.50. The third kappa shape index (κ3) is 1.99. The van der Waals surface area contributed by atoms with Crippen molar-refractivity contribution < 1.29 is 19.4 Å². The number of aliphatic hydroxyl groups excluding tert-OH is 1. The van der Waals surface area contributed by atoms with E-state index in [9.17, 15) is 9.90 Å². The van der Waals surface area contributed by atoms with Crippen molar-refractivity contribution in [3.05, 3.63) is 11.6 Å². The first-order valence-electron chi connectivity index (χ1n) is 11.1. The summed E-state index contributed by atoms with van der Waals surface area (Å²) in [6, 6.07) is 0. The zero-order valence-electron chi connectivity index (χ0n) is 16.6. The molecule has 9 atom stereocenters. The van der Waals surface area contributed by atoms with Crippen LogP contribution in [-0.4, -0.2) is 35.5 Å². The van der Waals surface area contributed by atoms with Crippen molar-refractivity contribution in [2.24, 2.45) is 34.5 Å². The number of carbonyl (C=O) groups is 1. The molecule has 1 N–H and O–H groups in total. The smallest absolute Gasteiger partial charge is 0.331 e. The van der Waals surface area contributed by atoms with Gasteiger partial charge < -0.3 is 14.6 Å². The number of fused-ring (bicyclic) bond motifs is 4. The van der Waals surface area contributed by atoms with Gasteiger partial charge in [0.1, 0.15) is 12.2 Å². The fraction of sp³-hybridized carbons (Fsp3) is 0.870. The molecule has 4 aliphatic carbocycles. The van der Waals surface area contributed by atoms with Crippen molar-refractivity contribution in [1.82, 2.24) is 0 Å². The predicted molar refractivity (Wildman–Crippen MR) is 99.8 cm³/mol. The van der Waals surface area contributed by atoms with Crippen molar-refractivity contribution in [2.45, 2.75) is 83.0 Å². The minimum Gasteiger partial charge on any atom is -0.458 e. The number of rotatable bonds is 1. The second-order valence-corrected chi connectivity index (χ2v) is 10.9. The monoisotopic (exact) mass is 372 g/mol. The number of aliphatic hydroxyl groups is 1. The first kappa shape index (κ1) is 17.0. The molecule has 0 aromatic carbocycles. The molecular weight excluding hydrogens is 340 g/mol. The van der Waals surface area contributed by atoms with E-state index < -0.39 is 0 Å². The van der Waals surface area contributed by atoms with Gasteiger partial charge in [0.05, 0.1) is 12.2 Å². The van der Waals surface area contributed by atoms with E-state index in [1.807, 2.05) is 0 Å². The van der Waals surface area contributed by atoms with Gasteiger partial charge in [-0.15, -0.1) is 0 Å². The van der Waals surface area contributed by atoms with E-state index in [0.717, 1.165) is 37.0 Å². The SMILES string of the molecule is C[C@]12CC[C@H]3[C@@H](C[C@@H]4O[C@@]45C[C@@H](O)CC[C@]35C)[C@@H]1CC[C@@H]2C1=CC(=O)OC1. The van der Waals surface area contributed by atoms with Gasteiger partial charge in [0.25, 0.3) is 0 Å². The molecule has 6 rings (SSSR count). The third-order valence-corrected chi connectivity index (χ3v) is 10.2. The van der Waals surface area contributed by atoms with Crippen molar-refractivity contribution >= 4 is 5.97 Å². The maximum atomic E-state index is 11.6. The number of hydrogen-bond acceptors (Lipinski definition) is 4. The molecule has 1 saturated heterocycles. The Balaban J connectivity index is 1.32. The Morgan fingerprint density at radius 3 is 2.74 bits per heavy atom. The van der Waals surface area contributed by atoms with Crippen LogP contribution in [0.5, 0.6) is 0 Å². The molecule has 0 radical (unpaired) electrons. The summed E-state index contributed by atoms with van der Waals surface area (Å²) in [5, 5.41) is 10.3. The average Bonchev–Trinajstić information content (AvgIpc) is 2.96. The topological polar surface area (TPSA) is 59.1 Å². The van der Waals surface area contributed by atoms with E-state index in [0.29, 0.717) is 24.0 Å². The van der Waals surface area contributed by atoms with Crippen LogP contribution in [0.4, 0.5) is 0 Å². The zero-order valence-corrected chi connectivity index (χ0v) is 16.6. The Bertz CT molecular complexity index is 730. The standard InChI is InChI=1S/C23H32O4/c1-21-7-6-18-15(17(21)4-3-16(21)13-9-20(25)26-12-13)10-19-23(27-19)11-14(24)5-8-22(18,23)2/h9,14-19,24H,3-8,10-12H2,1-2H3/t14-,15-,16+,17-,18-,19-,21+,22+,23-/m0/s1. The van der Waals surface area contributed by atoms with Gasteiger partial charge in [-0.1, -0.05) is 13.8 Å². The Labute approximate surface area is 161 Å². The quantitative estimate of drug-likeness (QED) is 0.564. The van der Waals surface area contributed by atoms with Crippen molar-refractivity contribution in [1.29, 1.82) is 0 Å². The van der Waals surface area contributed by atoms with Crippen molar-refractivity contribution in [3.63, 3.8) is 0 Å². The fourth-order valence-corrected chi connectivity index (χ4v) is 8.86. The number of hydrogen-bond donors (Lipinski definition) is 1. The molecule has 0 amide bonds. The number of carbonyl (C=O) groups excluding carboxylic acids is 1. The van der Waals surface area contributed by atoms with Gasteiger partial charge >= 0.3 is 5.97 Å². The number of ether oxygens (including phenoxy) is 2. The van der Waals surface area contributed by atoms with Gasteiger partial charge in [-0.05, 0) is 79.6 Å². The largest absolute Gasteiger partial charge is 0.458 e. The lowest BCUT2D eigenvalue weighted by molar-refractivity contribution is -0.135. The van der Waals surface area contributed by atoms with Crippen LogP contribution in [0.15, 0.2) is 11.6 Å². The molecule has 0 bridgehead atoms. The van der Waals surface area contributed by atoms with E-state index in [2.05, 4.69) is 13.8 Å². The zero-order chi connectivity index (χ0) is 18.6. The van der Waals surface area contributed by atoms with E-state index in [1.54, 1.807) is 6.08 Å². The lowest BCUT2D eigenvalue weighted by atomic mass is 9.44. The molecule has 2 heterocycles. The number of epoxide rings is 1. The Morgan fingerprint density at radius 1 is 1.11 bits per heavy atom. The summed E-state index contributed by atoms with van der Waals surface area (Å²) in [6.07, 6.45) is 11.1. The second-order valence-electron chi connectivity index (χ2n) is 10.9. The summed E-state index contributed by atoms with van der Waals surface area (Å²) < 4.78 is 11.7. The molecule has 4 nitrogen and oxygen atoms in total. The molecule has 0 aromatic heterocycles. The van der Waals surface area contributed by atoms with E-state index in [-0.39, 0.29) is 23.1 Å². The van der Waals surface area contributed by atoms with Crippen LogP contribution in [0.3, 0.4) is 0 Å². The van der Waals surface area contributed by atoms with Gasteiger partial charge in [0, 0.05) is 17.9 Å². The Morgan fingerprint density at radius 2 is 1.96 bits per heavy atom. The highest BCUT2D eigenvalue weighted by atomic mass is 16.6. The summed E-state index contributed by atoms with van der Waals surface area (Å²) in [5.41, 5.74) is 1.78. The molecule has 0 aromatic rings. The molecule has 27 heavy (non-hydrogen) atoms. The highest BCUT2D eigenvalue weighted by molar-refractivity contribution is 5.85. The molecule has 0 unspecified atom stereocenters. The first-order chi connectivity index (χ1) is 12.9. The molecule has 5 fully saturated rings. The first-order valence-corrected chi connectivity index (χ1v) is 11.1. The van der Waals surface area contributed by atoms with Gasteiger partial charge in [0.15, 0.2) is 0 Å². The molecule has 4 heteroatoms. The molecule has 1 spiro atoms. The molecule has 2 aliphatic heterocycles. The maximum Gasteiger partial charge on any atom is 0.331 e. The maximum absolute atomic E-state index is 11.6. The van der Waals surface area contributed by atoms with Crippen LogP contribution in [0.1, 0.15) is 65.2 Å². The van der Waals surface area contributed by atoms with E-state index in [4.69, 9.17) is 9.47 Å². The average molecular weight is 373 g/mol. The van der Waals surface area contributed by atoms with Gasteiger partial charge in [-0.3, -0.25) is 0 Å². The lowest BCUT2D eigenvalue weighted by Gasteiger charge is -2.59. The van der Waals surface area contributed by atoms with E-state index >= 15 is 0 Å². The Kier molecular flexibility index (Phi) is 3.27. The van der Waals surface area contributed by atoms with Crippen LogP contribution < -0.4 is 0 Å². The molecule has 6 aliphatic rings. The molecular formula is C23H32O4. The third-order valence-electron chi connectivity index (χ3n) is 10.2. The van der Waals surface area contributed by atoms with Gasteiger partial charge in [-0.2, -0.15) is 0 Å². The van der Waals surface area contributed by atoms with Crippen LogP contribution >= 0.6 is 0 Å². The highest BCUT2D eigenvalue weighted by Gasteiger charge is 2.76. The Hall–Kier alpha value is -0.870. The van der Waals surface area contributed by atoms with Crippen molar-refractivity contribution in [3.8, 4) is 0 Å². The minimum atomic E-state index is -0.170. The summed E-state index contributed by atoms with van der Waals surface area (Å²) in [7, 11) is 0. The highest BCUT2D eigenvalue weighted by Crippen LogP contribution is 2.74. The van der Waals surface area contributed by atoms with Crippen LogP contribution in [-0.2, 0) is 14.3 Å². The van der Waals surface area contributed by atoms with Crippen LogP contribution in [0, 0.1) is 34.5 Å². The van der Waals surface area contributed by atoms with Crippen molar-refractivity contribution in [2.75, 3.05) is 6.61 Å². The minimum absolute atomic E-state index is 0.0220. The molecule has 4 saturated carbocycles. The summed E-state index contributed by atoms with van der Waals surface area (Å²) in [4.78, 5) is 11.6. The fourth-order valence-electron chi connectivity index (χ4n) is 8.86. The van der Waals surface area contributed by atoms with Gasteiger partial charge in [0.2, 0.25) is 0 Å². The lowest BCUT2D eigenvalue weighted by Crippen LogP contribution is -2.58. The van der Waals surface area contributed by atoms with Crippen LogP contribution in [0.2, 0.25) is 0 Å². The van der Waals surface area contributed by atoms with Crippen LogP contribution in [0.25, 0.3) is 0 Å². The summed E-state index contributed by atoms with van der Waals surface area (Å²) in [5.74, 6) is 2.59. The normalized spacial score (nSPS) is 58.5. The number of cyclic esters (lactones) is 1. The van der Waals surface area contributed by atoms with E-state index in [1.165, 1.54) is 37.7 Å². The number of esters is 1. The molecule has 148 valence electrons. The summed E-state index contributed by atoms with van der Waals surface area (Å²) >= 11 is 0. The predicted octanol–water partition coefficient (Wildman–Crippen LogP) is 3.62.